The molecule has 1 aromatic carbocycles. The molecule has 0 atom stereocenters. The van der Waals surface area contributed by atoms with Crippen LogP contribution >= 0.6 is 0 Å². The zero-order valence-electron chi connectivity index (χ0n) is 17.1. The van der Waals surface area contributed by atoms with E-state index in [1.165, 1.54) is 12.1 Å². The molecule has 1 fully saturated rings. The first kappa shape index (κ1) is 22.1. The lowest BCUT2D eigenvalue weighted by molar-refractivity contribution is 0.284. The molecule has 0 heterocycles. The Kier molecular flexibility index (Phi) is 6.92. The second-order valence-corrected chi connectivity index (χ2v) is 10.8. The Balaban J connectivity index is 1.98. The maximum atomic E-state index is 13.9. The van der Waals surface area contributed by atoms with Gasteiger partial charge in [-0.15, -0.1) is 0 Å². The van der Waals surface area contributed by atoms with Crippen molar-refractivity contribution in [1.82, 2.24) is 10.0 Å². The lowest BCUT2D eigenvalue weighted by Crippen LogP contribution is -2.44. The maximum absolute atomic E-state index is 13.9. The van der Waals surface area contributed by atoms with E-state index in [0.29, 0.717) is 18.9 Å². The second kappa shape index (κ2) is 8.45. The van der Waals surface area contributed by atoms with Crippen molar-refractivity contribution < 1.29 is 17.5 Å². The normalized spacial score (nSPS) is 15.8. The van der Waals surface area contributed by atoms with Crippen LogP contribution in [0.2, 0.25) is 0 Å². The van der Waals surface area contributed by atoms with Crippen molar-refractivity contribution in [3.63, 3.8) is 0 Å². The Hall–Kier alpha value is -1.18. The monoisotopic (exact) mass is 400 g/mol. The van der Waals surface area contributed by atoms with Gasteiger partial charge in [-0.3, -0.25) is 0 Å². The van der Waals surface area contributed by atoms with Crippen molar-refractivity contribution >= 4 is 10.0 Å². The lowest BCUT2D eigenvalue weighted by Gasteiger charge is -2.27. The average Bonchev–Trinajstić information content (AvgIpc) is 3.33. The standard InChI is InChI=1S/C20H33FN2O3S/c1-19(2,3)22-12-6-11-20(4,5)23-27(24,25)16-9-10-17(21)18(13-16)26-14-15-7-8-15/h9-10,13,15,22-23H,6-8,11-12,14H2,1-5H3. The van der Waals surface area contributed by atoms with Gasteiger partial charge in [-0.2, -0.15) is 0 Å². The Morgan fingerprint density at radius 2 is 1.85 bits per heavy atom. The molecule has 5 nitrogen and oxygen atoms in total. The highest BCUT2D eigenvalue weighted by Gasteiger charge is 2.27. The van der Waals surface area contributed by atoms with Gasteiger partial charge in [-0.25, -0.2) is 17.5 Å². The van der Waals surface area contributed by atoms with Crippen LogP contribution < -0.4 is 14.8 Å². The molecule has 2 N–H and O–H groups in total. The highest BCUT2D eigenvalue weighted by atomic mass is 32.2. The third-order valence-corrected chi connectivity index (χ3v) is 6.12. The minimum absolute atomic E-state index is 0.00282. The summed E-state index contributed by atoms with van der Waals surface area (Å²) in [7, 11) is -3.76. The summed E-state index contributed by atoms with van der Waals surface area (Å²) in [6.07, 6.45) is 3.69. The van der Waals surface area contributed by atoms with Crippen molar-refractivity contribution in [3.05, 3.63) is 24.0 Å². The Morgan fingerprint density at radius 1 is 1.19 bits per heavy atom. The molecule has 0 aliphatic heterocycles. The molecule has 0 unspecified atom stereocenters. The fourth-order valence-electron chi connectivity index (χ4n) is 2.72. The molecule has 27 heavy (non-hydrogen) atoms. The zero-order chi connectivity index (χ0) is 20.3. The first-order valence-electron chi connectivity index (χ1n) is 9.59. The molecular formula is C20H33FN2O3S. The summed E-state index contributed by atoms with van der Waals surface area (Å²) in [6, 6.07) is 3.70. The quantitative estimate of drug-likeness (QED) is 0.586. The summed E-state index contributed by atoms with van der Waals surface area (Å²) in [6.45, 7) is 11.2. The molecule has 1 aromatic rings. The van der Waals surface area contributed by atoms with E-state index in [9.17, 15) is 12.8 Å². The van der Waals surface area contributed by atoms with E-state index < -0.39 is 21.4 Å². The number of halogens is 1. The molecule has 154 valence electrons. The summed E-state index contributed by atoms with van der Waals surface area (Å²) in [5, 5.41) is 3.40. The lowest BCUT2D eigenvalue weighted by atomic mass is 9.99. The molecule has 1 saturated carbocycles. The van der Waals surface area contributed by atoms with E-state index in [1.54, 1.807) is 0 Å². The Bertz CT molecular complexity index is 738. The molecule has 0 spiro atoms. The molecule has 2 rings (SSSR count). The number of hydrogen-bond acceptors (Lipinski definition) is 4. The number of rotatable bonds is 10. The van der Waals surface area contributed by atoms with E-state index in [-0.39, 0.29) is 16.2 Å². The minimum Gasteiger partial charge on any atom is -0.490 e. The third-order valence-electron chi connectivity index (χ3n) is 4.43. The van der Waals surface area contributed by atoms with Crippen LogP contribution in [-0.2, 0) is 10.0 Å². The van der Waals surface area contributed by atoms with Crippen molar-refractivity contribution in [3.8, 4) is 5.75 Å². The zero-order valence-corrected chi connectivity index (χ0v) is 17.9. The smallest absolute Gasteiger partial charge is 0.241 e. The molecule has 1 aliphatic carbocycles. The van der Waals surface area contributed by atoms with Gasteiger partial charge in [0.25, 0.3) is 0 Å². The summed E-state index contributed by atoms with van der Waals surface area (Å²) < 4.78 is 47.6. The predicted molar refractivity (Wildman–Crippen MR) is 106 cm³/mol. The second-order valence-electron chi connectivity index (χ2n) is 9.12. The number of ether oxygens (including phenoxy) is 1. The minimum atomic E-state index is -3.76. The largest absolute Gasteiger partial charge is 0.490 e. The molecule has 0 amide bonds. The summed E-state index contributed by atoms with van der Waals surface area (Å²) in [5.41, 5.74) is -0.573. The predicted octanol–water partition coefficient (Wildman–Crippen LogP) is 3.84. The molecule has 0 saturated heterocycles. The van der Waals surface area contributed by atoms with Crippen molar-refractivity contribution in [1.29, 1.82) is 0 Å². The number of sulfonamides is 1. The van der Waals surface area contributed by atoms with Gasteiger partial charge in [-0.05, 0) is 84.9 Å². The first-order chi connectivity index (χ1) is 12.4. The van der Waals surface area contributed by atoms with Crippen molar-refractivity contribution in [2.75, 3.05) is 13.2 Å². The molecule has 0 aromatic heterocycles. The van der Waals surface area contributed by atoms with Crippen LogP contribution in [0.3, 0.4) is 0 Å². The van der Waals surface area contributed by atoms with Crippen LogP contribution in [0.25, 0.3) is 0 Å². The van der Waals surface area contributed by atoms with E-state index in [2.05, 4.69) is 30.8 Å². The van der Waals surface area contributed by atoms with E-state index in [4.69, 9.17) is 4.74 Å². The van der Waals surface area contributed by atoms with Crippen LogP contribution in [-0.4, -0.2) is 32.6 Å². The first-order valence-corrected chi connectivity index (χ1v) is 11.1. The summed E-state index contributed by atoms with van der Waals surface area (Å²) in [5.74, 6) is -0.0810. The Labute approximate surface area is 163 Å². The van der Waals surface area contributed by atoms with Gasteiger partial charge in [-0.1, -0.05) is 0 Å². The topological polar surface area (TPSA) is 67.4 Å². The molecule has 0 radical (unpaired) electrons. The number of hydrogen-bond donors (Lipinski definition) is 2. The third kappa shape index (κ3) is 7.76. The number of benzene rings is 1. The van der Waals surface area contributed by atoms with Gasteiger partial charge in [0.2, 0.25) is 10.0 Å². The molecule has 1 aliphatic rings. The van der Waals surface area contributed by atoms with Gasteiger partial charge in [0.05, 0.1) is 11.5 Å². The molecule has 7 heteroatoms. The van der Waals surface area contributed by atoms with Gasteiger partial charge in [0.1, 0.15) is 0 Å². The number of nitrogens with one attached hydrogen (secondary N) is 2. The average molecular weight is 401 g/mol. The summed E-state index contributed by atoms with van der Waals surface area (Å²) in [4.78, 5) is 0.0237. The van der Waals surface area contributed by atoms with E-state index in [0.717, 1.165) is 31.9 Å². The van der Waals surface area contributed by atoms with Gasteiger partial charge < -0.3 is 10.1 Å². The fourth-order valence-corrected chi connectivity index (χ4v) is 4.18. The Morgan fingerprint density at radius 3 is 2.44 bits per heavy atom. The van der Waals surface area contributed by atoms with E-state index >= 15 is 0 Å². The fraction of sp³-hybridized carbons (Fsp3) is 0.700. The van der Waals surface area contributed by atoms with Gasteiger partial charge in [0, 0.05) is 17.1 Å². The van der Waals surface area contributed by atoms with E-state index in [1.807, 2.05) is 13.8 Å². The molecular weight excluding hydrogens is 367 g/mol. The van der Waals surface area contributed by atoms with Crippen LogP contribution in [0, 0.1) is 11.7 Å². The SMILES string of the molecule is CC(C)(C)NCCCC(C)(C)NS(=O)(=O)c1ccc(F)c(OCC2CC2)c1. The summed E-state index contributed by atoms with van der Waals surface area (Å²) >= 11 is 0. The van der Waals surface area contributed by atoms with Crippen LogP contribution in [0.4, 0.5) is 4.39 Å². The van der Waals surface area contributed by atoms with Crippen LogP contribution in [0.1, 0.15) is 60.3 Å². The van der Waals surface area contributed by atoms with Crippen molar-refractivity contribution in [2.45, 2.75) is 76.3 Å². The highest BCUT2D eigenvalue weighted by Crippen LogP contribution is 2.31. The highest BCUT2D eigenvalue weighted by molar-refractivity contribution is 7.89. The van der Waals surface area contributed by atoms with Crippen molar-refractivity contribution in [2.24, 2.45) is 5.92 Å². The van der Waals surface area contributed by atoms with Gasteiger partial charge in [0.15, 0.2) is 11.6 Å². The van der Waals surface area contributed by atoms with Gasteiger partial charge >= 0.3 is 0 Å². The molecule has 0 bridgehead atoms. The maximum Gasteiger partial charge on any atom is 0.241 e. The van der Waals surface area contributed by atoms with Crippen LogP contribution in [0.5, 0.6) is 5.75 Å². The van der Waals surface area contributed by atoms with Crippen LogP contribution in [0.15, 0.2) is 23.1 Å².